The minimum Gasteiger partial charge on any atom is -0.393 e. The minimum atomic E-state index is -0.275. The fourth-order valence-electron chi connectivity index (χ4n) is 2.29. The van der Waals surface area contributed by atoms with Gasteiger partial charge in [0, 0.05) is 25.7 Å². The Morgan fingerprint density at radius 3 is 2.80 bits per heavy atom. The lowest BCUT2D eigenvalue weighted by Crippen LogP contribution is -2.37. The summed E-state index contributed by atoms with van der Waals surface area (Å²) < 4.78 is 6.79. The number of aryl methyl sites for hydroxylation is 1. The van der Waals surface area contributed by atoms with Crippen LogP contribution in [0.2, 0.25) is 0 Å². The van der Waals surface area contributed by atoms with Crippen molar-refractivity contribution < 1.29 is 9.84 Å². The van der Waals surface area contributed by atoms with E-state index in [0.29, 0.717) is 19.8 Å². The molecule has 0 bridgehead atoms. The van der Waals surface area contributed by atoms with Gasteiger partial charge in [0.1, 0.15) is 0 Å². The molecule has 0 spiro atoms. The van der Waals surface area contributed by atoms with Crippen LogP contribution >= 0.6 is 0 Å². The van der Waals surface area contributed by atoms with Crippen molar-refractivity contribution in [3.63, 3.8) is 0 Å². The maximum absolute atomic E-state index is 12.0. The highest BCUT2D eigenvalue weighted by Gasteiger charge is 2.12. The third-order valence-electron chi connectivity index (χ3n) is 3.47. The second-order valence-electron chi connectivity index (χ2n) is 5.22. The van der Waals surface area contributed by atoms with Crippen molar-refractivity contribution in [2.75, 3.05) is 31.2 Å². The molecule has 112 valence electrons. The van der Waals surface area contributed by atoms with E-state index in [1.54, 1.807) is 19.2 Å². The van der Waals surface area contributed by atoms with Gasteiger partial charge < -0.3 is 14.7 Å². The average molecular weight is 281 g/mol. The number of hydrogen-bond donors (Lipinski definition) is 1. The summed E-state index contributed by atoms with van der Waals surface area (Å²) in [6, 6.07) is 1.65. The summed E-state index contributed by atoms with van der Waals surface area (Å²) >= 11 is 0. The molecule has 1 aromatic rings. The molecule has 6 nitrogen and oxygen atoms in total. The SMILES string of the molecule is CC(O)CCCCn1ncc(N2CCOCC2)cc1=O. The van der Waals surface area contributed by atoms with Gasteiger partial charge in [-0.25, -0.2) is 4.68 Å². The summed E-state index contributed by atoms with van der Waals surface area (Å²) in [6.45, 7) is 5.39. The van der Waals surface area contributed by atoms with Crippen molar-refractivity contribution in [3.8, 4) is 0 Å². The Morgan fingerprint density at radius 1 is 1.40 bits per heavy atom. The van der Waals surface area contributed by atoms with E-state index in [4.69, 9.17) is 4.74 Å². The predicted molar refractivity (Wildman–Crippen MR) is 77.1 cm³/mol. The summed E-state index contributed by atoms with van der Waals surface area (Å²) in [7, 11) is 0. The van der Waals surface area contributed by atoms with E-state index in [-0.39, 0.29) is 11.7 Å². The lowest BCUT2D eigenvalue weighted by atomic mass is 10.2. The van der Waals surface area contributed by atoms with Crippen LogP contribution in [-0.2, 0) is 11.3 Å². The number of nitrogens with zero attached hydrogens (tertiary/aromatic N) is 3. The second kappa shape index (κ2) is 7.40. The first-order valence-corrected chi connectivity index (χ1v) is 7.25. The average Bonchev–Trinajstić information content (AvgIpc) is 2.45. The lowest BCUT2D eigenvalue weighted by Gasteiger charge is -2.28. The van der Waals surface area contributed by atoms with Gasteiger partial charge in [-0.05, 0) is 26.2 Å². The molecule has 1 unspecified atom stereocenters. The number of rotatable bonds is 6. The van der Waals surface area contributed by atoms with Crippen molar-refractivity contribution >= 4 is 5.69 Å². The second-order valence-corrected chi connectivity index (χ2v) is 5.22. The fourth-order valence-corrected chi connectivity index (χ4v) is 2.29. The molecule has 0 saturated carbocycles. The molecule has 20 heavy (non-hydrogen) atoms. The first-order valence-electron chi connectivity index (χ1n) is 7.25. The molecular formula is C14H23N3O3. The molecular weight excluding hydrogens is 258 g/mol. The molecule has 6 heteroatoms. The van der Waals surface area contributed by atoms with E-state index >= 15 is 0 Å². The number of morpholine rings is 1. The van der Waals surface area contributed by atoms with E-state index in [0.717, 1.165) is 38.0 Å². The van der Waals surface area contributed by atoms with Crippen molar-refractivity contribution in [3.05, 3.63) is 22.6 Å². The van der Waals surface area contributed by atoms with E-state index in [1.807, 2.05) is 0 Å². The van der Waals surface area contributed by atoms with Crippen LogP contribution in [0.25, 0.3) is 0 Å². The highest BCUT2D eigenvalue weighted by molar-refractivity contribution is 5.43. The van der Waals surface area contributed by atoms with Crippen molar-refractivity contribution in [2.24, 2.45) is 0 Å². The summed E-state index contributed by atoms with van der Waals surface area (Å²) in [4.78, 5) is 14.1. The maximum Gasteiger partial charge on any atom is 0.268 e. The molecule has 1 saturated heterocycles. The van der Waals surface area contributed by atoms with Gasteiger partial charge in [-0.2, -0.15) is 5.10 Å². The van der Waals surface area contributed by atoms with Crippen LogP contribution in [0.4, 0.5) is 5.69 Å². The Bertz CT molecular complexity index is 467. The third-order valence-corrected chi connectivity index (χ3v) is 3.47. The molecule has 2 rings (SSSR count). The Kier molecular flexibility index (Phi) is 5.55. The highest BCUT2D eigenvalue weighted by atomic mass is 16.5. The summed E-state index contributed by atoms with van der Waals surface area (Å²) in [6.07, 6.45) is 4.00. The van der Waals surface area contributed by atoms with Gasteiger partial charge in [-0.15, -0.1) is 0 Å². The number of aliphatic hydroxyl groups excluding tert-OH is 1. The fraction of sp³-hybridized carbons (Fsp3) is 0.714. The molecule has 1 atom stereocenters. The van der Waals surface area contributed by atoms with Crippen LogP contribution in [0.5, 0.6) is 0 Å². The molecule has 2 heterocycles. The van der Waals surface area contributed by atoms with Gasteiger partial charge in [-0.3, -0.25) is 4.79 Å². The van der Waals surface area contributed by atoms with Crippen LogP contribution in [0, 0.1) is 0 Å². The number of anilines is 1. The number of unbranched alkanes of at least 4 members (excludes halogenated alkanes) is 1. The first kappa shape index (κ1) is 15.0. The van der Waals surface area contributed by atoms with Crippen molar-refractivity contribution in [1.82, 2.24) is 9.78 Å². The van der Waals surface area contributed by atoms with Crippen LogP contribution in [0.3, 0.4) is 0 Å². The Balaban J connectivity index is 1.90. The van der Waals surface area contributed by atoms with Crippen molar-refractivity contribution in [2.45, 2.75) is 38.8 Å². The monoisotopic (exact) mass is 281 g/mol. The number of aliphatic hydroxyl groups is 1. The smallest absolute Gasteiger partial charge is 0.268 e. The van der Waals surface area contributed by atoms with Crippen molar-refractivity contribution in [1.29, 1.82) is 0 Å². The molecule has 1 N–H and O–H groups in total. The first-order chi connectivity index (χ1) is 9.66. The zero-order chi connectivity index (χ0) is 14.4. The predicted octanol–water partition coefficient (Wildman–Crippen LogP) is 0.631. The van der Waals surface area contributed by atoms with Gasteiger partial charge in [0.2, 0.25) is 0 Å². The molecule has 1 aliphatic heterocycles. The lowest BCUT2D eigenvalue weighted by molar-refractivity contribution is 0.122. The molecule has 1 aromatic heterocycles. The van der Waals surface area contributed by atoms with E-state index < -0.39 is 0 Å². The molecule has 1 fully saturated rings. The van der Waals surface area contributed by atoms with Crippen LogP contribution < -0.4 is 10.5 Å². The van der Waals surface area contributed by atoms with E-state index in [9.17, 15) is 9.90 Å². The van der Waals surface area contributed by atoms with Gasteiger partial charge in [0.05, 0.1) is 31.2 Å². The zero-order valence-electron chi connectivity index (χ0n) is 12.0. The molecule has 0 aliphatic carbocycles. The molecule has 0 radical (unpaired) electrons. The molecule has 0 amide bonds. The highest BCUT2D eigenvalue weighted by Crippen LogP contribution is 2.11. The zero-order valence-corrected chi connectivity index (χ0v) is 12.0. The van der Waals surface area contributed by atoms with E-state index in [1.165, 1.54) is 4.68 Å². The molecule has 1 aliphatic rings. The normalized spacial score (nSPS) is 17.2. The third kappa shape index (κ3) is 4.31. The standard InChI is InChI=1S/C14H23N3O3/c1-12(18)4-2-3-5-17-14(19)10-13(11-15-17)16-6-8-20-9-7-16/h10-12,18H,2-9H2,1H3. The Morgan fingerprint density at radius 2 is 2.15 bits per heavy atom. The van der Waals surface area contributed by atoms with Crippen LogP contribution in [-0.4, -0.2) is 47.3 Å². The number of hydrogen-bond acceptors (Lipinski definition) is 5. The minimum absolute atomic E-state index is 0.0639. The maximum atomic E-state index is 12.0. The number of ether oxygens (including phenoxy) is 1. The summed E-state index contributed by atoms with van der Waals surface area (Å²) in [5.41, 5.74) is 0.810. The largest absolute Gasteiger partial charge is 0.393 e. The van der Waals surface area contributed by atoms with Gasteiger partial charge in [0.15, 0.2) is 0 Å². The topological polar surface area (TPSA) is 67.6 Å². The Hall–Kier alpha value is -1.40. The van der Waals surface area contributed by atoms with E-state index in [2.05, 4.69) is 10.00 Å². The quantitative estimate of drug-likeness (QED) is 0.775. The van der Waals surface area contributed by atoms with Crippen LogP contribution in [0.15, 0.2) is 17.1 Å². The van der Waals surface area contributed by atoms with Gasteiger partial charge >= 0.3 is 0 Å². The summed E-state index contributed by atoms with van der Waals surface area (Å²) in [5, 5.41) is 13.4. The van der Waals surface area contributed by atoms with Gasteiger partial charge in [0.25, 0.3) is 5.56 Å². The Labute approximate surface area is 119 Å². The van der Waals surface area contributed by atoms with Gasteiger partial charge in [-0.1, -0.05) is 0 Å². The molecule has 0 aromatic carbocycles. The summed E-state index contributed by atoms with van der Waals surface area (Å²) in [5.74, 6) is 0. The van der Waals surface area contributed by atoms with Crippen LogP contribution in [0.1, 0.15) is 26.2 Å². The number of aromatic nitrogens is 2.